The van der Waals surface area contributed by atoms with Crippen LogP contribution in [0.2, 0.25) is 5.02 Å². The van der Waals surface area contributed by atoms with Crippen LogP contribution in [0.3, 0.4) is 0 Å². The van der Waals surface area contributed by atoms with Crippen LogP contribution < -0.4 is 10.1 Å². The molecular formula is C29H40ClN3O5. The van der Waals surface area contributed by atoms with Gasteiger partial charge in [-0.2, -0.15) is 0 Å². The lowest BCUT2D eigenvalue weighted by molar-refractivity contribution is -0.140. The van der Waals surface area contributed by atoms with Crippen molar-refractivity contribution in [1.29, 1.82) is 0 Å². The van der Waals surface area contributed by atoms with E-state index in [1.165, 1.54) is 39.2 Å². The zero-order valence-corrected chi connectivity index (χ0v) is 23.1. The van der Waals surface area contributed by atoms with E-state index in [1.807, 2.05) is 17.0 Å². The molecule has 1 heterocycles. The molecule has 2 amide bonds. The molecule has 2 unspecified atom stereocenters. The number of rotatable bonds is 11. The van der Waals surface area contributed by atoms with E-state index in [0.717, 1.165) is 42.2 Å². The Morgan fingerprint density at radius 3 is 2.50 bits per heavy atom. The molecule has 0 radical (unpaired) electrons. The maximum absolute atomic E-state index is 12.8. The Bertz CT molecular complexity index is 1020. The first-order valence-corrected chi connectivity index (χ1v) is 14.5. The molecular weight excluding hydrogens is 506 g/mol. The summed E-state index contributed by atoms with van der Waals surface area (Å²) >= 11 is 6.25. The molecule has 1 aromatic carbocycles. The smallest absolute Gasteiger partial charge is 0.305 e. The van der Waals surface area contributed by atoms with Gasteiger partial charge in [0.15, 0.2) is 0 Å². The normalized spacial score (nSPS) is 27.9. The number of nitrogens with one attached hydrogen (secondary N) is 1. The molecule has 0 aromatic heterocycles. The monoisotopic (exact) mass is 545 g/mol. The average Bonchev–Trinajstić information content (AvgIpc) is 3.31. The summed E-state index contributed by atoms with van der Waals surface area (Å²) in [5.41, 5.74) is 1.19. The Labute approximate surface area is 230 Å². The van der Waals surface area contributed by atoms with Gasteiger partial charge in [0, 0.05) is 56.2 Å². The van der Waals surface area contributed by atoms with Gasteiger partial charge in [0.05, 0.1) is 20.3 Å². The van der Waals surface area contributed by atoms with E-state index in [2.05, 4.69) is 15.0 Å². The fourth-order valence-electron chi connectivity index (χ4n) is 7.59. The van der Waals surface area contributed by atoms with E-state index < -0.39 is 0 Å². The van der Waals surface area contributed by atoms with E-state index in [9.17, 15) is 14.4 Å². The SMILES string of the molecule is COC(=O)CCCOc1ccc(Cl)cc1CN1CCN(C(=O)CNC(=O)CC23CC4CC(C2)C(C4)C3)CC1. The highest BCUT2D eigenvalue weighted by molar-refractivity contribution is 6.30. The summed E-state index contributed by atoms with van der Waals surface area (Å²) in [6, 6.07) is 5.57. The fourth-order valence-corrected chi connectivity index (χ4v) is 7.79. The van der Waals surface area contributed by atoms with Crippen molar-refractivity contribution in [1.82, 2.24) is 15.1 Å². The molecule has 5 aliphatic rings. The third-order valence-electron chi connectivity index (χ3n) is 9.18. The van der Waals surface area contributed by atoms with E-state index >= 15 is 0 Å². The summed E-state index contributed by atoms with van der Waals surface area (Å²) < 4.78 is 10.6. The quantitative estimate of drug-likeness (QED) is 0.337. The lowest BCUT2D eigenvalue weighted by Crippen LogP contribution is -2.51. The van der Waals surface area contributed by atoms with Crippen LogP contribution in [0, 0.1) is 23.2 Å². The Morgan fingerprint density at radius 2 is 1.82 bits per heavy atom. The standard InChI is InChI=1S/C29H40ClN3O5/c1-37-28(36)3-2-10-38-25-5-4-24(30)13-23(25)19-32-6-8-33(9-7-32)27(35)18-31-26(34)17-29-14-20-11-21(15-29)22(12-20)16-29/h4-5,13,20-22H,2-3,6-12,14-19H2,1H3,(H,31,34). The lowest BCUT2D eigenvalue weighted by Gasteiger charge is -2.38. The lowest BCUT2D eigenvalue weighted by atomic mass is 9.67. The molecule has 2 atom stereocenters. The van der Waals surface area contributed by atoms with Crippen molar-refractivity contribution in [3.05, 3.63) is 28.8 Å². The molecule has 5 fully saturated rings. The fraction of sp³-hybridized carbons (Fsp3) is 0.690. The molecule has 38 heavy (non-hydrogen) atoms. The first kappa shape index (κ1) is 27.3. The van der Waals surface area contributed by atoms with E-state index in [1.54, 1.807) is 6.07 Å². The van der Waals surface area contributed by atoms with Gasteiger partial charge < -0.3 is 19.7 Å². The minimum atomic E-state index is -0.246. The number of ether oxygens (including phenoxy) is 2. The molecule has 1 aliphatic heterocycles. The maximum Gasteiger partial charge on any atom is 0.305 e. The van der Waals surface area contributed by atoms with E-state index in [4.69, 9.17) is 16.3 Å². The molecule has 9 heteroatoms. The van der Waals surface area contributed by atoms with Crippen molar-refractivity contribution >= 4 is 29.4 Å². The third kappa shape index (κ3) is 6.45. The number of carbonyl (C=O) groups is 3. The second kappa shape index (κ2) is 11.8. The Kier molecular flexibility index (Phi) is 8.48. The summed E-state index contributed by atoms with van der Waals surface area (Å²) in [5.74, 6) is 3.07. The minimum Gasteiger partial charge on any atom is -0.493 e. The first-order chi connectivity index (χ1) is 18.3. The van der Waals surface area contributed by atoms with Gasteiger partial charge in [-0.15, -0.1) is 0 Å². The van der Waals surface area contributed by atoms with Crippen LogP contribution in [0.25, 0.3) is 0 Å². The average molecular weight is 546 g/mol. The predicted molar refractivity (Wildman–Crippen MR) is 144 cm³/mol. The topological polar surface area (TPSA) is 88.2 Å². The van der Waals surface area contributed by atoms with Crippen LogP contribution in [0.15, 0.2) is 18.2 Å². The number of amides is 2. The molecule has 208 valence electrons. The van der Waals surface area contributed by atoms with E-state index in [-0.39, 0.29) is 29.7 Å². The molecule has 8 nitrogen and oxygen atoms in total. The molecule has 4 aliphatic carbocycles. The highest BCUT2D eigenvalue weighted by atomic mass is 35.5. The van der Waals surface area contributed by atoms with Gasteiger partial charge >= 0.3 is 5.97 Å². The van der Waals surface area contributed by atoms with E-state index in [0.29, 0.717) is 50.5 Å². The summed E-state index contributed by atoms with van der Waals surface area (Å²) in [6.07, 6.45) is 7.87. The molecule has 0 spiro atoms. The zero-order chi connectivity index (χ0) is 26.7. The zero-order valence-electron chi connectivity index (χ0n) is 22.4. The van der Waals surface area contributed by atoms with Crippen LogP contribution in [0.4, 0.5) is 0 Å². The van der Waals surface area contributed by atoms with Gasteiger partial charge in [0.1, 0.15) is 5.75 Å². The second-order valence-electron chi connectivity index (χ2n) is 11.9. The van der Waals surface area contributed by atoms with Crippen LogP contribution in [0.1, 0.15) is 56.9 Å². The van der Waals surface area contributed by atoms with Gasteiger partial charge in [-0.05, 0) is 79.9 Å². The van der Waals surface area contributed by atoms with Crippen molar-refractivity contribution in [2.75, 3.05) is 46.4 Å². The van der Waals surface area contributed by atoms with Crippen LogP contribution in [-0.2, 0) is 25.7 Å². The Balaban J connectivity index is 1.03. The number of benzene rings is 1. The van der Waals surface area contributed by atoms with Gasteiger partial charge in [-0.1, -0.05) is 11.6 Å². The number of carbonyl (C=O) groups excluding carboxylic acids is 3. The number of hydrogen-bond acceptors (Lipinski definition) is 6. The second-order valence-corrected chi connectivity index (χ2v) is 12.3. The van der Waals surface area contributed by atoms with Crippen molar-refractivity contribution in [3.8, 4) is 5.75 Å². The van der Waals surface area contributed by atoms with Gasteiger partial charge in [-0.3, -0.25) is 19.3 Å². The number of piperazine rings is 1. The number of halogens is 1. The van der Waals surface area contributed by atoms with Gasteiger partial charge in [-0.25, -0.2) is 0 Å². The van der Waals surface area contributed by atoms with Crippen molar-refractivity contribution in [3.63, 3.8) is 0 Å². The number of methoxy groups -OCH3 is 1. The molecule has 1 aromatic rings. The number of hydrogen-bond donors (Lipinski definition) is 1. The molecule has 4 bridgehead atoms. The maximum atomic E-state index is 12.8. The van der Waals surface area contributed by atoms with Gasteiger partial charge in [0.25, 0.3) is 0 Å². The van der Waals surface area contributed by atoms with Crippen LogP contribution in [0.5, 0.6) is 5.75 Å². The summed E-state index contributed by atoms with van der Waals surface area (Å²) in [5, 5.41) is 3.57. The predicted octanol–water partition coefficient (Wildman–Crippen LogP) is 3.65. The minimum absolute atomic E-state index is 0.0105. The number of nitrogens with zero attached hydrogens (tertiary/aromatic N) is 2. The van der Waals surface area contributed by atoms with Crippen LogP contribution in [-0.4, -0.2) is 74.0 Å². The third-order valence-corrected chi connectivity index (χ3v) is 9.41. The Hall–Kier alpha value is -2.32. The molecule has 4 saturated carbocycles. The summed E-state index contributed by atoms with van der Waals surface area (Å²) in [4.78, 5) is 41.0. The molecule has 1 N–H and O–H groups in total. The van der Waals surface area contributed by atoms with Crippen molar-refractivity contribution < 1.29 is 23.9 Å². The largest absolute Gasteiger partial charge is 0.493 e. The summed E-state index contributed by atoms with van der Waals surface area (Å²) in [7, 11) is 1.38. The molecule has 1 saturated heterocycles. The van der Waals surface area contributed by atoms with Crippen molar-refractivity contribution in [2.45, 2.75) is 57.9 Å². The number of esters is 1. The highest BCUT2D eigenvalue weighted by Crippen LogP contribution is 2.65. The van der Waals surface area contributed by atoms with Crippen LogP contribution >= 0.6 is 11.6 Å². The van der Waals surface area contributed by atoms with Gasteiger partial charge in [0.2, 0.25) is 11.8 Å². The summed E-state index contributed by atoms with van der Waals surface area (Å²) in [6.45, 7) is 3.89. The highest BCUT2D eigenvalue weighted by Gasteiger charge is 2.56. The molecule has 6 rings (SSSR count). The first-order valence-electron chi connectivity index (χ1n) is 14.1. The van der Waals surface area contributed by atoms with Crippen molar-refractivity contribution in [2.24, 2.45) is 23.2 Å². The Morgan fingerprint density at radius 1 is 1.08 bits per heavy atom.